The predicted molar refractivity (Wildman–Crippen MR) is 81.0 cm³/mol. The van der Waals surface area contributed by atoms with Gasteiger partial charge in [-0.05, 0) is 38.1 Å². The second kappa shape index (κ2) is 7.10. The topological polar surface area (TPSA) is 39.1 Å². The van der Waals surface area contributed by atoms with E-state index in [-0.39, 0.29) is 0 Å². The maximum Gasteiger partial charge on any atom is 0.119 e. The van der Waals surface area contributed by atoms with Gasteiger partial charge < -0.3 is 14.6 Å². The van der Waals surface area contributed by atoms with E-state index in [1.54, 1.807) is 0 Å². The number of rotatable bonds is 7. The van der Waals surface area contributed by atoms with E-state index < -0.39 is 0 Å². The molecule has 108 valence electrons. The fraction of sp³-hybridized carbons (Fsp3) is 0.438. The summed E-state index contributed by atoms with van der Waals surface area (Å²) in [6.45, 7) is 5.65. The number of hydrogen-bond acceptors (Lipinski definition) is 3. The lowest BCUT2D eigenvalue weighted by Gasteiger charge is -2.15. The Kier molecular flexibility index (Phi) is 5.18. The van der Waals surface area contributed by atoms with Crippen molar-refractivity contribution in [1.82, 2.24) is 14.9 Å². The lowest BCUT2D eigenvalue weighted by Crippen LogP contribution is -2.15. The zero-order valence-electron chi connectivity index (χ0n) is 12.5. The van der Waals surface area contributed by atoms with Crippen LogP contribution in [0.25, 0.3) is 0 Å². The van der Waals surface area contributed by atoms with Crippen LogP contribution in [-0.4, -0.2) is 23.2 Å². The van der Waals surface area contributed by atoms with Gasteiger partial charge in [-0.3, -0.25) is 0 Å². The molecule has 1 aromatic carbocycles. The molecule has 0 bridgehead atoms. The van der Waals surface area contributed by atoms with Crippen molar-refractivity contribution in [2.75, 3.05) is 13.7 Å². The molecule has 1 heterocycles. The minimum atomic E-state index is 0.414. The fourth-order valence-corrected chi connectivity index (χ4v) is 2.30. The summed E-state index contributed by atoms with van der Waals surface area (Å²) in [5.74, 6) is 1.93. The summed E-state index contributed by atoms with van der Waals surface area (Å²) in [5.41, 5.74) is 1.30. The molecule has 20 heavy (non-hydrogen) atoms. The number of benzene rings is 1. The van der Waals surface area contributed by atoms with Gasteiger partial charge >= 0.3 is 0 Å². The summed E-state index contributed by atoms with van der Waals surface area (Å²) in [5, 5.41) is 3.30. The van der Waals surface area contributed by atoms with Crippen molar-refractivity contribution in [3.63, 3.8) is 0 Å². The van der Waals surface area contributed by atoms with Crippen LogP contribution < -0.4 is 10.1 Å². The minimum Gasteiger partial charge on any atom is -0.492 e. The Hall–Kier alpha value is -1.81. The van der Waals surface area contributed by atoms with Gasteiger partial charge in [-0.1, -0.05) is 19.1 Å². The summed E-state index contributed by atoms with van der Waals surface area (Å²) in [6.07, 6.45) is 4.87. The summed E-state index contributed by atoms with van der Waals surface area (Å²) in [6, 6.07) is 8.74. The Morgan fingerprint density at radius 2 is 2.05 bits per heavy atom. The summed E-state index contributed by atoms with van der Waals surface area (Å²) < 4.78 is 7.85. The van der Waals surface area contributed by atoms with E-state index in [0.29, 0.717) is 12.6 Å². The zero-order chi connectivity index (χ0) is 14.4. The van der Waals surface area contributed by atoms with Crippen LogP contribution >= 0.6 is 0 Å². The second-order valence-electron chi connectivity index (χ2n) is 4.83. The van der Waals surface area contributed by atoms with Crippen LogP contribution in [0.15, 0.2) is 36.7 Å². The molecular formula is C16H23N3O. The van der Waals surface area contributed by atoms with E-state index in [4.69, 9.17) is 4.74 Å². The molecule has 2 aromatic rings. The second-order valence-corrected chi connectivity index (χ2v) is 4.83. The zero-order valence-corrected chi connectivity index (χ0v) is 12.5. The molecule has 1 unspecified atom stereocenters. The van der Waals surface area contributed by atoms with Crippen molar-refractivity contribution >= 4 is 0 Å². The van der Waals surface area contributed by atoms with E-state index >= 15 is 0 Å². The molecule has 0 radical (unpaired) electrons. The number of ether oxygens (including phenoxy) is 1. The van der Waals surface area contributed by atoms with Gasteiger partial charge in [-0.25, -0.2) is 4.98 Å². The van der Waals surface area contributed by atoms with E-state index in [2.05, 4.69) is 33.9 Å². The number of aromatic nitrogens is 2. The highest BCUT2D eigenvalue weighted by Crippen LogP contribution is 2.19. The van der Waals surface area contributed by atoms with Gasteiger partial charge in [0.15, 0.2) is 0 Å². The van der Waals surface area contributed by atoms with Crippen LogP contribution in [0.4, 0.5) is 0 Å². The SMILES string of the molecule is CCC(NC)c1ccc(OCCn2ccnc2C)cc1. The first-order valence-corrected chi connectivity index (χ1v) is 7.12. The maximum absolute atomic E-state index is 5.77. The van der Waals surface area contributed by atoms with E-state index in [1.807, 2.05) is 38.5 Å². The maximum atomic E-state index is 5.77. The molecule has 1 aromatic heterocycles. The highest BCUT2D eigenvalue weighted by molar-refractivity contribution is 5.29. The largest absolute Gasteiger partial charge is 0.492 e. The number of nitrogens with zero attached hydrogens (tertiary/aromatic N) is 2. The normalized spacial score (nSPS) is 12.3. The number of aryl methyl sites for hydroxylation is 1. The number of imidazole rings is 1. The molecule has 0 aliphatic heterocycles. The number of nitrogens with one attached hydrogen (secondary N) is 1. The standard InChI is InChI=1S/C16H23N3O/c1-4-16(17-3)14-5-7-15(8-6-14)20-12-11-19-10-9-18-13(19)2/h5-10,16-17H,4,11-12H2,1-3H3. The molecule has 0 saturated heterocycles. The third-order valence-electron chi connectivity index (χ3n) is 3.56. The minimum absolute atomic E-state index is 0.414. The van der Waals surface area contributed by atoms with Crippen LogP contribution in [0.1, 0.15) is 30.8 Å². The van der Waals surface area contributed by atoms with Crippen LogP contribution in [0.2, 0.25) is 0 Å². The molecular weight excluding hydrogens is 250 g/mol. The molecule has 1 atom stereocenters. The van der Waals surface area contributed by atoms with Crippen molar-refractivity contribution in [3.8, 4) is 5.75 Å². The summed E-state index contributed by atoms with van der Waals surface area (Å²) in [4.78, 5) is 4.19. The first kappa shape index (κ1) is 14.6. The third-order valence-corrected chi connectivity index (χ3v) is 3.56. The first-order valence-electron chi connectivity index (χ1n) is 7.12. The molecule has 4 heteroatoms. The van der Waals surface area contributed by atoms with Gasteiger partial charge in [0.25, 0.3) is 0 Å². The van der Waals surface area contributed by atoms with Gasteiger partial charge in [-0.2, -0.15) is 0 Å². The van der Waals surface area contributed by atoms with E-state index in [0.717, 1.165) is 24.5 Å². The smallest absolute Gasteiger partial charge is 0.119 e. The van der Waals surface area contributed by atoms with E-state index in [9.17, 15) is 0 Å². The summed E-state index contributed by atoms with van der Waals surface area (Å²) >= 11 is 0. The fourth-order valence-electron chi connectivity index (χ4n) is 2.30. The van der Waals surface area contributed by atoms with Crippen LogP contribution in [0.3, 0.4) is 0 Å². The highest BCUT2D eigenvalue weighted by Gasteiger charge is 2.06. The molecule has 1 N–H and O–H groups in total. The molecule has 0 amide bonds. The molecule has 0 aliphatic carbocycles. The monoisotopic (exact) mass is 273 g/mol. The van der Waals surface area contributed by atoms with Crippen LogP contribution in [0, 0.1) is 6.92 Å². The lowest BCUT2D eigenvalue weighted by atomic mass is 10.1. The Morgan fingerprint density at radius 3 is 2.60 bits per heavy atom. The molecule has 0 fully saturated rings. The van der Waals surface area contributed by atoms with Gasteiger partial charge in [0, 0.05) is 18.4 Å². The van der Waals surface area contributed by atoms with Crippen molar-refractivity contribution in [2.45, 2.75) is 32.9 Å². The third kappa shape index (κ3) is 3.61. The highest BCUT2D eigenvalue weighted by atomic mass is 16.5. The van der Waals surface area contributed by atoms with Gasteiger partial charge in [0.2, 0.25) is 0 Å². The quantitative estimate of drug-likeness (QED) is 0.843. The molecule has 0 aliphatic rings. The number of hydrogen-bond donors (Lipinski definition) is 1. The van der Waals surface area contributed by atoms with Crippen LogP contribution in [0.5, 0.6) is 5.75 Å². The average Bonchev–Trinajstić information content (AvgIpc) is 2.87. The van der Waals surface area contributed by atoms with Crippen molar-refractivity contribution in [2.24, 2.45) is 0 Å². The molecule has 2 rings (SSSR count). The van der Waals surface area contributed by atoms with Crippen LogP contribution in [-0.2, 0) is 6.54 Å². The Balaban J connectivity index is 1.86. The van der Waals surface area contributed by atoms with Crippen molar-refractivity contribution in [3.05, 3.63) is 48.0 Å². The summed E-state index contributed by atoms with van der Waals surface area (Å²) in [7, 11) is 1.99. The molecule has 0 saturated carbocycles. The Bertz CT molecular complexity index is 515. The predicted octanol–water partition coefficient (Wildman–Crippen LogP) is 2.94. The molecule has 4 nitrogen and oxygen atoms in total. The Morgan fingerprint density at radius 1 is 1.30 bits per heavy atom. The first-order chi connectivity index (χ1) is 9.74. The van der Waals surface area contributed by atoms with Gasteiger partial charge in [-0.15, -0.1) is 0 Å². The Labute approximate surface area is 120 Å². The average molecular weight is 273 g/mol. The van der Waals surface area contributed by atoms with Gasteiger partial charge in [0.05, 0.1) is 6.54 Å². The van der Waals surface area contributed by atoms with E-state index in [1.165, 1.54) is 5.56 Å². The molecule has 0 spiro atoms. The van der Waals surface area contributed by atoms with Crippen molar-refractivity contribution in [1.29, 1.82) is 0 Å². The lowest BCUT2D eigenvalue weighted by molar-refractivity contribution is 0.297. The van der Waals surface area contributed by atoms with Gasteiger partial charge in [0.1, 0.15) is 18.2 Å². The van der Waals surface area contributed by atoms with Crippen molar-refractivity contribution < 1.29 is 4.74 Å².